The molecule has 0 atom stereocenters. The summed E-state index contributed by atoms with van der Waals surface area (Å²) >= 11 is 0. The van der Waals surface area contributed by atoms with Gasteiger partial charge in [0.15, 0.2) is 11.4 Å². The molecule has 1 heterocycles. The van der Waals surface area contributed by atoms with Crippen LogP contribution in [0.1, 0.15) is 40.1 Å². The van der Waals surface area contributed by atoms with Gasteiger partial charge in [0.1, 0.15) is 19.0 Å². The number of benzene rings is 3. The van der Waals surface area contributed by atoms with E-state index in [1.54, 1.807) is 13.8 Å². The van der Waals surface area contributed by atoms with Crippen molar-refractivity contribution in [3.05, 3.63) is 113 Å². The zero-order chi connectivity index (χ0) is 26.0. The van der Waals surface area contributed by atoms with Crippen molar-refractivity contribution in [2.75, 3.05) is 13.2 Å². The van der Waals surface area contributed by atoms with Gasteiger partial charge in [-0.1, -0.05) is 84.9 Å². The van der Waals surface area contributed by atoms with Crippen LogP contribution in [0, 0.1) is 6.92 Å². The Morgan fingerprint density at radius 1 is 0.811 bits per heavy atom. The highest BCUT2D eigenvalue weighted by molar-refractivity contribution is 5.96. The second kappa shape index (κ2) is 12.4. The zero-order valence-corrected chi connectivity index (χ0v) is 20.9. The number of nitrogens with zero attached hydrogens (tertiary/aromatic N) is 2. The van der Waals surface area contributed by atoms with Crippen LogP contribution in [-0.4, -0.2) is 35.0 Å². The highest BCUT2D eigenvalue weighted by atomic mass is 16.5. The van der Waals surface area contributed by atoms with Gasteiger partial charge in [0.25, 0.3) is 5.91 Å². The van der Waals surface area contributed by atoms with E-state index in [2.05, 4.69) is 39.6 Å². The number of aromatic nitrogens is 2. The first-order chi connectivity index (χ1) is 18.0. The number of rotatable bonds is 10. The number of hydrogen-bond acceptors (Lipinski definition) is 6. The van der Waals surface area contributed by atoms with E-state index < -0.39 is 11.9 Å². The van der Waals surface area contributed by atoms with Gasteiger partial charge in [-0.15, -0.1) is 0 Å². The van der Waals surface area contributed by atoms with Crippen LogP contribution in [0.15, 0.2) is 84.9 Å². The summed E-state index contributed by atoms with van der Waals surface area (Å²) in [5.74, 6) is -0.277. The third kappa shape index (κ3) is 7.01. The number of aryl methyl sites for hydroxylation is 1. The van der Waals surface area contributed by atoms with Crippen LogP contribution in [0.25, 0.3) is 11.1 Å². The van der Waals surface area contributed by atoms with Crippen LogP contribution >= 0.6 is 0 Å². The van der Waals surface area contributed by atoms with Crippen LogP contribution in [0.5, 0.6) is 5.75 Å². The lowest BCUT2D eigenvalue weighted by Crippen LogP contribution is -2.32. The molecule has 0 unspecified atom stereocenters. The summed E-state index contributed by atoms with van der Waals surface area (Å²) in [4.78, 5) is 34.0. The summed E-state index contributed by atoms with van der Waals surface area (Å²) in [7, 11) is 0. The fourth-order valence-corrected chi connectivity index (χ4v) is 3.83. The number of ether oxygens (including phenoxy) is 2. The zero-order valence-electron chi connectivity index (χ0n) is 20.9. The summed E-state index contributed by atoms with van der Waals surface area (Å²) in [5.41, 5.74) is 4.84. The highest BCUT2D eigenvalue weighted by Gasteiger charge is 2.21. The Morgan fingerprint density at radius 3 is 2.14 bits per heavy atom. The number of carbonyl (C=O) groups excluding carboxylic acids is 2. The quantitative estimate of drug-likeness (QED) is 0.314. The van der Waals surface area contributed by atoms with E-state index >= 15 is 0 Å². The third-order valence-electron chi connectivity index (χ3n) is 5.64. The minimum absolute atomic E-state index is 0.0867. The van der Waals surface area contributed by atoms with Crippen LogP contribution in [-0.2, 0) is 22.6 Å². The van der Waals surface area contributed by atoms with Crippen LogP contribution in [0.4, 0.5) is 0 Å². The van der Waals surface area contributed by atoms with Crippen molar-refractivity contribution in [1.29, 1.82) is 0 Å². The molecule has 1 aromatic heterocycles. The van der Waals surface area contributed by atoms with Crippen LogP contribution < -0.4 is 10.1 Å². The topological polar surface area (TPSA) is 90.4 Å². The second-order valence-corrected chi connectivity index (χ2v) is 8.40. The molecule has 0 aliphatic carbocycles. The molecule has 4 aromatic rings. The largest absolute Gasteiger partial charge is 0.485 e. The number of esters is 1. The summed E-state index contributed by atoms with van der Waals surface area (Å²) < 4.78 is 10.9. The molecule has 0 bridgehead atoms. The van der Waals surface area contributed by atoms with Crippen molar-refractivity contribution < 1.29 is 19.1 Å². The smallest absolute Gasteiger partial charge is 0.325 e. The monoisotopic (exact) mass is 495 g/mol. The molecule has 4 rings (SSSR count). The van der Waals surface area contributed by atoms with E-state index in [4.69, 9.17) is 9.47 Å². The Morgan fingerprint density at radius 2 is 1.46 bits per heavy atom. The minimum Gasteiger partial charge on any atom is -0.485 e. The molecule has 0 saturated heterocycles. The maximum atomic E-state index is 13.1. The van der Waals surface area contributed by atoms with Crippen molar-refractivity contribution in [2.45, 2.75) is 26.9 Å². The first kappa shape index (κ1) is 25.6. The minimum atomic E-state index is -0.526. The number of hydrogen-bond donors (Lipinski definition) is 1. The van der Waals surface area contributed by atoms with Gasteiger partial charge in [-0.3, -0.25) is 9.59 Å². The first-order valence-corrected chi connectivity index (χ1v) is 12.2. The molecule has 0 fully saturated rings. The average Bonchev–Trinajstić information content (AvgIpc) is 2.92. The predicted octanol–water partition coefficient (Wildman–Crippen LogP) is 4.91. The molecule has 1 amide bonds. The molecule has 0 aliphatic heterocycles. The standard InChI is InChI=1S/C30H29N3O4/c1-3-36-27(34)19-31-30(35)28-29(37-20-23-10-6-4-7-11-23)21(2)32-26(33-28)18-22-14-16-25(17-15-22)24-12-8-5-9-13-24/h4-17H,3,18-20H2,1-2H3,(H,31,35). The number of nitrogens with one attached hydrogen (secondary N) is 1. The molecular weight excluding hydrogens is 466 g/mol. The van der Waals surface area contributed by atoms with Crippen LogP contribution in [0.3, 0.4) is 0 Å². The second-order valence-electron chi connectivity index (χ2n) is 8.40. The van der Waals surface area contributed by atoms with Gasteiger partial charge in [-0.2, -0.15) is 0 Å². The van der Waals surface area contributed by atoms with Crippen molar-refractivity contribution in [3.63, 3.8) is 0 Å². The van der Waals surface area contributed by atoms with E-state index in [0.717, 1.165) is 22.3 Å². The van der Waals surface area contributed by atoms with Crippen molar-refractivity contribution in [2.24, 2.45) is 0 Å². The summed E-state index contributed by atoms with van der Waals surface area (Å²) in [6, 6.07) is 27.9. The van der Waals surface area contributed by atoms with E-state index in [0.29, 0.717) is 17.9 Å². The lowest BCUT2D eigenvalue weighted by atomic mass is 10.0. The lowest BCUT2D eigenvalue weighted by molar-refractivity contribution is -0.141. The van der Waals surface area contributed by atoms with Gasteiger partial charge in [0, 0.05) is 6.42 Å². The number of amides is 1. The Hall–Kier alpha value is -4.52. The van der Waals surface area contributed by atoms with Gasteiger partial charge in [-0.05, 0) is 36.1 Å². The Balaban J connectivity index is 1.57. The van der Waals surface area contributed by atoms with Gasteiger partial charge in [0.2, 0.25) is 0 Å². The summed E-state index contributed by atoms with van der Waals surface area (Å²) in [6.07, 6.45) is 0.438. The van der Waals surface area contributed by atoms with Crippen molar-refractivity contribution in [3.8, 4) is 16.9 Å². The SMILES string of the molecule is CCOC(=O)CNC(=O)c1nc(Cc2ccc(-c3ccccc3)cc2)nc(C)c1OCc1ccccc1. The molecular formula is C30H29N3O4. The van der Waals surface area contributed by atoms with E-state index in [9.17, 15) is 9.59 Å². The predicted molar refractivity (Wildman–Crippen MR) is 141 cm³/mol. The van der Waals surface area contributed by atoms with E-state index in [1.165, 1.54) is 0 Å². The molecule has 7 nitrogen and oxygen atoms in total. The molecule has 0 aliphatic rings. The maximum absolute atomic E-state index is 13.1. The first-order valence-electron chi connectivity index (χ1n) is 12.2. The lowest BCUT2D eigenvalue weighted by Gasteiger charge is -2.15. The average molecular weight is 496 g/mol. The maximum Gasteiger partial charge on any atom is 0.325 e. The van der Waals surface area contributed by atoms with Gasteiger partial charge in [0.05, 0.1) is 12.3 Å². The Bertz CT molecular complexity index is 1340. The number of carbonyl (C=O) groups is 2. The van der Waals surface area contributed by atoms with Crippen molar-refractivity contribution in [1.82, 2.24) is 15.3 Å². The molecule has 0 spiro atoms. The van der Waals surface area contributed by atoms with Gasteiger partial charge < -0.3 is 14.8 Å². The molecule has 0 radical (unpaired) electrons. The molecule has 1 N–H and O–H groups in total. The Kier molecular flexibility index (Phi) is 8.60. The molecule has 37 heavy (non-hydrogen) atoms. The van der Waals surface area contributed by atoms with Gasteiger partial charge >= 0.3 is 5.97 Å². The van der Waals surface area contributed by atoms with Crippen molar-refractivity contribution >= 4 is 11.9 Å². The fraction of sp³-hybridized carbons (Fsp3) is 0.200. The molecule has 0 saturated carbocycles. The summed E-state index contributed by atoms with van der Waals surface area (Å²) in [5, 5.41) is 2.58. The summed E-state index contributed by atoms with van der Waals surface area (Å²) in [6.45, 7) is 3.72. The molecule has 7 heteroatoms. The molecule has 188 valence electrons. The highest BCUT2D eigenvalue weighted by Crippen LogP contribution is 2.24. The molecule has 3 aromatic carbocycles. The van der Waals surface area contributed by atoms with Crippen LogP contribution in [0.2, 0.25) is 0 Å². The normalized spacial score (nSPS) is 10.5. The fourth-order valence-electron chi connectivity index (χ4n) is 3.83. The van der Waals surface area contributed by atoms with E-state index in [-0.39, 0.29) is 31.2 Å². The van der Waals surface area contributed by atoms with E-state index in [1.807, 2.05) is 60.7 Å². The van der Waals surface area contributed by atoms with Gasteiger partial charge in [-0.25, -0.2) is 9.97 Å². The Labute approximate surface area is 216 Å². The third-order valence-corrected chi connectivity index (χ3v) is 5.64.